The molecule has 0 unspecified atom stereocenters. The van der Waals surface area contributed by atoms with Crippen molar-refractivity contribution >= 4 is 17.4 Å². The molecular weight excluding hydrogens is 356 g/mol. The predicted molar refractivity (Wildman–Crippen MR) is 105 cm³/mol. The van der Waals surface area contributed by atoms with E-state index < -0.39 is 5.69 Å². The molecule has 142 valence electrons. The van der Waals surface area contributed by atoms with Crippen LogP contribution in [-0.2, 0) is 5.41 Å². The summed E-state index contributed by atoms with van der Waals surface area (Å²) < 4.78 is 1.61. The lowest BCUT2D eigenvalue weighted by Crippen LogP contribution is -2.13. The average molecular weight is 376 g/mol. The fourth-order valence-electron chi connectivity index (χ4n) is 2.86. The van der Waals surface area contributed by atoms with E-state index in [0.29, 0.717) is 16.4 Å². The van der Waals surface area contributed by atoms with Crippen molar-refractivity contribution in [2.24, 2.45) is 4.99 Å². The first-order chi connectivity index (χ1) is 13.3. The van der Waals surface area contributed by atoms with E-state index in [1.54, 1.807) is 29.1 Å². The largest absolute Gasteiger partial charge is 0.493 e. The van der Waals surface area contributed by atoms with Crippen LogP contribution in [0.2, 0.25) is 0 Å². The molecule has 1 aromatic carbocycles. The number of aromatic nitrogens is 5. The molecule has 0 fully saturated rings. The van der Waals surface area contributed by atoms with Crippen LogP contribution < -0.4 is 16.4 Å². The average Bonchev–Trinajstić information content (AvgIpc) is 3.17. The van der Waals surface area contributed by atoms with Crippen molar-refractivity contribution in [1.29, 1.82) is 0 Å². The molecule has 0 aliphatic carbocycles. The van der Waals surface area contributed by atoms with Crippen LogP contribution in [0.5, 0.6) is 5.88 Å². The number of H-pyrrole nitrogens is 2. The zero-order valence-electron chi connectivity index (χ0n) is 15.8. The molecule has 3 N–H and O–H groups in total. The molecule has 0 aliphatic rings. The van der Waals surface area contributed by atoms with Crippen molar-refractivity contribution in [1.82, 2.24) is 24.6 Å². The zero-order valence-corrected chi connectivity index (χ0v) is 15.8. The number of aromatic amines is 2. The van der Waals surface area contributed by atoms with Crippen LogP contribution in [0.3, 0.4) is 0 Å². The predicted octanol–water partition coefficient (Wildman–Crippen LogP) is 1.53. The number of rotatable bonds is 2. The Kier molecular flexibility index (Phi) is 4.11. The number of nitrogens with zero attached hydrogens (tertiary/aromatic N) is 4. The maximum Gasteiger partial charge on any atom is 0.326 e. The van der Waals surface area contributed by atoms with Crippen LogP contribution in [0.4, 0.5) is 5.69 Å². The molecule has 0 aliphatic heterocycles. The highest BCUT2D eigenvalue weighted by Crippen LogP contribution is 2.25. The Labute approximate surface area is 159 Å². The standard InChI is InChI=1S/C20H20N6O2/c1-20(2,3)13-5-4-6-14(10-13)22-16-7-8-26-17(24-16)12(11-21-26)9-15-18(27)25-19(28)23-15/h4-11,27H,1-3H3,(H2,23,25,28). The first-order valence-electron chi connectivity index (χ1n) is 8.82. The minimum atomic E-state index is -0.484. The van der Waals surface area contributed by atoms with Gasteiger partial charge >= 0.3 is 5.69 Å². The van der Waals surface area contributed by atoms with Gasteiger partial charge in [-0.2, -0.15) is 5.10 Å². The highest BCUT2D eigenvalue weighted by atomic mass is 16.3. The molecule has 0 amide bonds. The maximum absolute atomic E-state index is 11.3. The highest BCUT2D eigenvalue weighted by molar-refractivity contribution is 5.56. The van der Waals surface area contributed by atoms with E-state index in [4.69, 9.17) is 0 Å². The van der Waals surface area contributed by atoms with Crippen molar-refractivity contribution in [2.45, 2.75) is 26.2 Å². The van der Waals surface area contributed by atoms with Gasteiger partial charge in [0.05, 0.1) is 11.9 Å². The van der Waals surface area contributed by atoms with E-state index in [0.717, 1.165) is 5.69 Å². The normalized spacial score (nSPS) is 13.5. The van der Waals surface area contributed by atoms with Crippen LogP contribution in [0.15, 0.2) is 52.5 Å². The third-order valence-electron chi connectivity index (χ3n) is 4.37. The monoisotopic (exact) mass is 376 g/mol. The Morgan fingerprint density at radius 3 is 2.75 bits per heavy atom. The Bertz CT molecular complexity index is 1340. The summed E-state index contributed by atoms with van der Waals surface area (Å²) in [7, 11) is 0. The third-order valence-corrected chi connectivity index (χ3v) is 4.37. The first-order valence-corrected chi connectivity index (χ1v) is 8.82. The molecule has 0 radical (unpaired) electrons. The summed E-state index contributed by atoms with van der Waals surface area (Å²) in [6.07, 6.45) is 4.98. The lowest BCUT2D eigenvalue weighted by atomic mass is 9.87. The smallest absolute Gasteiger partial charge is 0.326 e. The number of hydrogen-bond donors (Lipinski definition) is 3. The van der Waals surface area contributed by atoms with Gasteiger partial charge in [0.15, 0.2) is 11.1 Å². The summed E-state index contributed by atoms with van der Waals surface area (Å²) in [5.74, 6) is -0.232. The highest BCUT2D eigenvalue weighted by Gasteiger charge is 2.13. The van der Waals surface area contributed by atoms with Crippen molar-refractivity contribution in [3.8, 4) is 5.88 Å². The number of imidazole rings is 1. The van der Waals surface area contributed by atoms with Crippen LogP contribution in [0, 0.1) is 0 Å². The molecule has 4 aromatic rings. The Morgan fingerprint density at radius 1 is 1.21 bits per heavy atom. The zero-order chi connectivity index (χ0) is 19.9. The number of benzene rings is 1. The van der Waals surface area contributed by atoms with E-state index in [1.807, 2.05) is 12.1 Å². The SMILES string of the molecule is CC(C)(C)c1cccc(N=c2ccn3ncc(=Cc4[nH]c(=O)[nH]c4O)c3n2)c1. The first kappa shape index (κ1) is 17.7. The molecule has 4 rings (SSSR count). The van der Waals surface area contributed by atoms with Gasteiger partial charge in [-0.3, -0.25) is 4.98 Å². The van der Waals surface area contributed by atoms with Gasteiger partial charge in [-0.1, -0.05) is 32.9 Å². The van der Waals surface area contributed by atoms with Crippen molar-refractivity contribution in [3.63, 3.8) is 0 Å². The molecule has 0 bridgehead atoms. The molecule has 0 spiro atoms. The lowest BCUT2D eigenvalue weighted by molar-refractivity contribution is 0.454. The van der Waals surface area contributed by atoms with Gasteiger partial charge in [0.25, 0.3) is 0 Å². The van der Waals surface area contributed by atoms with Gasteiger partial charge in [0.2, 0.25) is 5.88 Å². The van der Waals surface area contributed by atoms with E-state index in [2.05, 4.69) is 57.9 Å². The molecule has 0 saturated heterocycles. The Morgan fingerprint density at radius 2 is 2.04 bits per heavy atom. The number of aromatic hydroxyl groups is 1. The van der Waals surface area contributed by atoms with Crippen LogP contribution in [0.1, 0.15) is 32.0 Å². The van der Waals surface area contributed by atoms with Crippen LogP contribution in [-0.4, -0.2) is 29.7 Å². The molecule has 8 heteroatoms. The van der Waals surface area contributed by atoms with E-state index >= 15 is 0 Å². The lowest BCUT2D eigenvalue weighted by Gasteiger charge is -2.18. The van der Waals surface area contributed by atoms with Crippen molar-refractivity contribution < 1.29 is 5.11 Å². The number of nitrogens with one attached hydrogen (secondary N) is 2. The van der Waals surface area contributed by atoms with Gasteiger partial charge in [-0.25, -0.2) is 19.3 Å². The molecule has 8 nitrogen and oxygen atoms in total. The van der Waals surface area contributed by atoms with Gasteiger partial charge in [-0.15, -0.1) is 0 Å². The minimum Gasteiger partial charge on any atom is -0.493 e. The van der Waals surface area contributed by atoms with Gasteiger partial charge < -0.3 is 10.1 Å². The fourth-order valence-corrected chi connectivity index (χ4v) is 2.86. The van der Waals surface area contributed by atoms with Gasteiger partial charge in [0, 0.05) is 17.5 Å². The van der Waals surface area contributed by atoms with Gasteiger partial charge in [-0.05, 0) is 29.2 Å². The third kappa shape index (κ3) is 3.44. The molecule has 3 aromatic heterocycles. The second-order valence-corrected chi connectivity index (χ2v) is 7.55. The van der Waals surface area contributed by atoms with Crippen LogP contribution in [0.25, 0.3) is 11.7 Å². The second-order valence-electron chi connectivity index (χ2n) is 7.55. The molecule has 3 heterocycles. The summed E-state index contributed by atoms with van der Waals surface area (Å²) in [6.45, 7) is 6.47. The minimum absolute atomic E-state index is 0.0337. The quantitative estimate of drug-likeness (QED) is 0.492. The molecule has 0 atom stereocenters. The summed E-state index contributed by atoms with van der Waals surface area (Å²) >= 11 is 0. The summed E-state index contributed by atoms with van der Waals surface area (Å²) in [5, 5.41) is 14.6. The fraction of sp³-hybridized carbons (Fsp3) is 0.200. The number of fused-ring (bicyclic) bond motifs is 1. The summed E-state index contributed by atoms with van der Waals surface area (Å²) in [6, 6.07) is 9.85. The Balaban J connectivity index is 1.83. The van der Waals surface area contributed by atoms with Crippen molar-refractivity contribution in [3.05, 3.63) is 75.2 Å². The molecule has 0 saturated carbocycles. The molecular formula is C20H20N6O2. The number of hydrogen-bond acceptors (Lipinski definition) is 5. The van der Waals surface area contributed by atoms with Crippen molar-refractivity contribution in [2.75, 3.05) is 0 Å². The molecule has 28 heavy (non-hydrogen) atoms. The van der Waals surface area contributed by atoms with Gasteiger partial charge in [0.1, 0.15) is 5.69 Å². The van der Waals surface area contributed by atoms with E-state index in [-0.39, 0.29) is 17.0 Å². The maximum atomic E-state index is 11.3. The van der Waals surface area contributed by atoms with Crippen LogP contribution >= 0.6 is 0 Å². The second kappa shape index (κ2) is 6.49. The van der Waals surface area contributed by atoms with E-state index in [1.165, 1.54) is 5.56 Å². The summed E-state index contributed by atoms with van der Waals surface area (Å²) in [4.78, 5) is 25.3. The Hall–Kier alpha value is -3.68. The van der Waals surface area contributed by atoms with E-state index in [9.17, 15) is 9.90 Å². The summed E-state index contributed by atoms with van der Waals surface area (Å²) in [5.41, 5.74) is 2.94. The topological polar surface area (TPSA) is 111 Å².